The third-order valence-electron chi connectivity index (χ3n) is 3.35. The summed E-state index contributed by atoms with van der Waals surface area (Å²) in [4.78, 5) is 0. The number of hydrogen-bond acceptors (Lipinski definition) is 2. The summed E-state index contributed by atoms with van der Waals surface area (Å²) in [6.45, 7) is 7.25. The van der Waals surface area contributed by atoms with Crippen LogP contribution in [0, 0.1) is 5.41 Å². The molecule has 0 aliphatic carbocycles. The van der Waals surface area contributed by atoms with Gasteiger partial charge < -0.3 is 0 Å². The maximum atomic E-state index is 11.8. The van der Waals surface area contributed by atoms with Gasteiger partial charge in [-0.05, 0) is 41.9 Å². The zero-order valence-electron chi connectivity index (χ0n) is 12.2. The molecule has 0 saturated carbocycles. The van der Waals surface area contributed by atoms with Crippen molar-refractivity contribution in [2.45, 2.75) is 40.0 Å². The van der Waals surface area contributed by atoms with Gasteiger partial charge in [-0.15, -0.1) is 0 Å². The number of nitrogens with zero attached hydrogens (tertiary/aromatic N) is 1. The lowest BCUT2D eigenvalue weighted by Crippen LogP contribution is -2.34. The third-order valence-corrected chi connectivity index (χ3v) is 4.53. The molecule has 0 aromatic heterocycles. The van der Waals surface area contributed by atoms with Crippen LogP contribution in [-0.4, -0.2) is 21.2 Å². The Morgan fingerprint density at radius 1 is 1.26 bits per heavy atom. The SMILES string of the molecule is CC(C)(C)Cc1ccc2c(c1)CCCN2S(C)(=O)=O. The summed E-state index contributed by atoms with van der Waals surface area (Å²) in [7, 11) is -3.15. The lowest BCUT2D eigenvalue weighted by atomic mass is 9.87. The maximum absolute atomic E-state index is 11.8. The minimum Gasteiger partial charge on any atom is -0.270 e. The summed E-state index contributed by atoms with van der Waals surface area (Å²) >= 11 is 0. The van der Waals surface area contributed by atoms with Crippen molar-refractivity contribution in [2.24, 2.45) is 5.41 Å². The first-order chi connectivity index (χ1) is 8.67. The lowest BCUT2D eigenvalue weighted by Gasteiger charge is -2.30. The summed E-state index contributed by atoms with van der Waals surface area (Å²) in [5, 5.41) is 0. The topological polar surface area (TPSA) is 37.4 Å². The Balaban J connectivity index is 2.36. The highest BCUT2D eigenvalue weighted by Crippen LogP contribution is 2.31. The van der Waals surface area contributed by atoms with E-state index in [-0.39, 0.29) is 5.41 Å². The average molecular weight is 281 g/mol. The Morgan fingerprint density at radius 2 is 1.95 bits per heavy atom. The van der Waals surface area contributed by atoms with Gasteiger partial charge in [0.2, 0.25) is 10.0 Å². The van der Waals surface area contributed by atoms with Crippen molar-refractivity contribution in [3.8, 4) is 0 Å². The number of rotatable bonds is 2. The molecule has 1 aliphatic rings. The quantitative estimate of drug-likeness (QED) is 0.835. The van der Waals surface area contributed by atoms with Crippen molar-refractivity contribution < 1.29 is 8.42 Å². The van der Waals surface area contributed by atoms with E-state index in [2.05, 4.69) is 32.9 Å². The lowest BCUT2D eigenvalue weighted by molar-refractivity contribution is 0.411. The highest BCUT2D eigenvalue weighted by atomic mass is 32.2. The van der Waals surface area contributed by atoms with Crippen LogP contribution >= 0.6 is 0 Å². The second kappa shape index (κ2) is 4.82. The van der Waals surface area contributed by atoms with Crippen LogP contribution in [-0.2, 0) is 22.9 Å². The average Bonchev–Trinajstić information content (AvgIpc) is 2.24. The first-order valence-electron chi connectivity index (χ1n) is 6.76. The van der Waals surface area contributed by atoms with Crippen molar-refractivity contribution in [3.05, 3.63) is 29.3 Å². The molecule has 0 radical (unpaired) electrons. The molecule has 0 saturated heterocycles. The van der Waals surface area contributed by atoms with Crippen LogP contribution in [0.1, 0.15) is 38.3 Å². The van der Waals surface area contributed by atoms with Gasteiger partial charge in [0.15, 0.2) is 0 Å². The monoisotopic (exact) mass is 281 g/mol. The van der Waals surface area contributed by atoms with Crippen molar-refractivity contribution >= 4 is 15.7 Å². The Labute approximate surface area is 116 Å². The number of fused-ring (bicyclic) bond motifs is 1. The van der Waals surface area contributed by atoms with Crippen LogP contribution in [0.4, 0.5) is 5.69 Å². The number of hydrogen-bond donors (Lipinski definition) is 0. The summed E-state index contributed by atoms with van der Waals surface area (Å²) in [5.41, 5.74) is 3.57. The molecule has 2 rings (SSSR count). The van der Waals surface area contributed by atoms with Crippen LogP contribution in [0.3, 0.4) is 0 Å². The number of benzene rings is 1. The van der Waals surface area contributed by atoms with Gasteiger partial charge in [-0.1, -0.05) is 32.9 Å². The fourth-order valence-corrected chi connectivity index (χ4v) is 3.68. The summed E-state index contributed by atoms with van der Waals surface area (Å²) < 4.78 is 25.1. The van der Waals surface area contributed by atoms with Gasteiger partial charge in [0, 0.05) is 6.54 Å². The highest BCUT2D eigenvalue weighted by molar-refractivity contribution is 7.92. The Kier molecular flexibility index (Phi) is 3.65. The molecule has 4 heteroatoms. The van der Waals surface area contributed by atoms with E-state index in [0.29, 0.717) is 6.54 Å². The molecule has 19 heavy (non-hydrogen) atoms. The van der Waals surface area contributed by atoms with Crippen molar-refractivity contribution in [2.75, 3.05) is 17.1 Å². The van der Waals surface area contributed by atoms with Crippen LogP contribution in [0.25, 0.3) is 0 Å². The number of sulfonamides is 1. The normalized spacial score (nSPS) is 16.3. The molecule has 1 heterocycles. The number of anilines is 1. The third kappa shape index (κ3) is 3.50. The van der Waals surface area contributed by atoms with Crippen LogP contribution in [0.15, 0.2) is 18.2 Å². The molecule has 1 aromatic rings. The number of aryl methyl sites for hydroxylation is 1. The molecular weight excluding hydrogens is 258 g/mol. The summed E-state index contributed by atoms with van der Waals surface area (Å²) in [6, 6.07) is 6.21. The Bertz CT molecular complexity index is 570. The van der Waals surface area contributed by atoms with Crippen molar-refractivity contribution in [1.82, 2.24) is 0 Å². The molecule has 0 amide bonds. The van der Waals surface area contributed by atoms with Gasteiger partial charge in [-0.2, -0.15) is 0 Å². The molecule has 0 unspecified atom stereocenters. The predicted octanol–water partition coefficient (Wildman–Crippen LogP) is 2.99. The van der Waals surface area contributed by atoms with Gasteiger partial charge in [-0.3, -0.25) is 4.31 Å². The Hall–Kier alpha value is -1.03. The molecule has 3 nitrogen and oxygen atoms in total. The van der Waals surface area contributed by atoms with Gasteiger partial charge in [0.1, 0.15) is 0 Å². The minimum absolute atomic E-state index is 0.249. The van der Waals surface area contributed by atoms with Crippen molar-refractivity contribution in [1.29, 1.82) is 0 Å². The smallest absolute Gasteiger partial charge is 0.232 e. The second-order valence-electron chi connectivity index (χ2n) is 6.64. The fourth-order valence-electron chi connectivity index (χ4n) is 2.68. The first-order valence-corrected chi connectivity index (χ1v) is 8.61. The first kappa shape index (κ1) is 14.4. The standard InChI is InChI=1S/C15H23NO2S/c1-15(2,3)11-12-7-8-14-13(10-12)6-5-9-16(14)19(4,17)18/h7-8,10H,5-6,9,11H2,1-4H3. The minimum atomic E-state index is -3.15. The predicted molar refractivity (Wildman–Crippen MR) is 80.1 cm³/mol. The summed E-state index contributed by atoms with van der Waals surface area (Å²) in [6.07, 6.45) is 4.17. The molecule has 1 aliphatic heterocycles. The van der Waals surface area contributed by atoms with Gasteiger partial charge in [-0.25, -0.2) is 8.42 Å². The van der Waals surface area contributed by atoms with E-state index < -0.39 is 10.0 Å². The molecular formula is C15H23NO2S. The zero-order valence-corrected chi connectivity index (χ0v) is 13.0. The van der Waals surface area contributed by atoms with Crippen LogP contribution in [0.5, 0.6) is 0 Å². The zero-order chi connectivity index (χ0) is 14.3. The van der Waals surface area contributed by atoms with Crippen LogP contribution in [0.2, 0.25) is 0 Å². The molecule has 0 bridgehead atoms. The van der Waals surface area contributed by atoms with E-state index in [1.165, 1.54) is 21.7 Å². The van der Waals surface area contributed by atoms with Gasteiger partial charge >= 0.3 is 0 Å². The molecule has 0 spiro atoms. The van der Waals surface area contributed by atoms with E-state index >= 15 is 0 Å². The molecule has 0 N–H and O–H groups in total. The molecule has 1 aromatic carbocycles. The van der Waals surface area contributed by atoms with E-state index in [1.807, 2.05) is 6.07 Å². The molecule has 0 fully saturated rings. The molecule has 0 atom stereocenters. The van der Waals surface area contributed by atoms with Crippen LogP contribution < -0.4 is 4.31 Å². The van der Waals surface area contributed by atoms with E-state index in [9.17, 15) is 8.42 Å². The summed E-state index contributed by atoms with van der Waals surface area (Å²) in [5.74, 6) is 0. The maximum Gasteiger partial charge on any atom is 0.232 e. The van der Waals surface area contributed by atoms with Gasteiger partial charge in [0.25, 0.3) is 0 Å². The van der Waals surface area contributed by atoms with E-state index in [4.69, 9.17) is 0 Å². The molecule has 106 valence electrons. The second-order valence-corrected chi connectivity index (χ2v) is 8.55. The van der Waals surface area contributed by atoms with Gasteiger partial charge in [0.05, 0.1) is 11.9 Å². The largest absolute Gasteiger partial charge is 0.270 e. The van der Waals surface area contributed by atoms with Crippen molar-refractivity contribution in [3.63, 3.8) is 0 Å². The Morgan fingerprint density at radius 3 is 2.53 bits per heavy atom. The fraction of sp³-hybridized carbons (Fsp3) is 0.600. The van der Waals surface area contributed by atoms with E-state index in [0.717, 1.165) is 24.9 Å². The van der Waals surface area contributed by atoms with E-state index in [1.54, 1.807) is 0 Å². The highest BCUT2D eigenvalue weighted by Gasteiger charge is 2.24.